The van der Waals surface area contributed by atoms with Crippen molar-refractivity contribution < 1.29 is 14.3 Å². The first kappa shape index (κ1) is 25.1. The number of hydrogen-bond acceptors (Lipinski definition) is 7. The summed E-state index contributed by atoms with van der Waals surface area (Å²) in [6.45, 7) is 4.04. The van der Waals surface area contributed by atoms with E-state index in [2.05, 4.69) is 11.9 Å². The van der Waals surface area contributed by atoms with Crippen LogP contribution >= 0.6 is 0 Å². The lowest BCUT2D eigenvalue weighted by Gasteiger charge is -2.48. The van der Waals surface area contributed by atoms with E-state index in [1.807, 2.05) is 26.1 Å². The van der Waals surface area contributed by atoms with Crippen LogP contribution in [0.3, 0.4) is 0 Å². The van der Waals surface area contributed by atoms with Gasteiger partial charge in [0.15, 0.2) is 0 Å². The Bertz CT molecular complexity index is 844. The van der Waals surface area contributed by atoms with Crippen LogP contribution in [0.15, 0.2) is 17.8 Å². The van der Waals surface area contributed by atoms with Crippen LogP contribution in [-0.2, 0) is 4.74 Å². The molecule has 2 aliphatic carbocycles. The Hall–Kier alpha value is -2.48. The number of aryl methyl sites for hydroxylation is 1. The predicted octanol–water partition coefficient (Wildman–Crippen LogP) is 4.33. The molecular formula is C25H41N5O3. The van der Waals surface area contributed by atoms with Crippen LogP contribution < -0.4 is 16.3 Å². The smallest absolute Gasteiger partial charge is 0.410 e. The number of hydrogen-bond donors (Lipinski definition) is 2. The molecule has 1 aromatic heterocycles. The zero-order valence-corrected chi connectivity index (χ0v) is 20.7. The zero-order valence-electron chi connectivity index (χ0n) is 20.7. The quantitative estimate of drug-likeness (QED) is 0.418. The highest BCUT2D eigenvalue weighted by molar-refractivity contribution is 5.70. The fourth-order valence-electron chi connectivity index (χ4n) is 4.93. The molecule has 0 atom stereocenters. The summed E-state index contributed by atoms with van der Waals surface area (Å²) in [5.41, 5.74) is 8.60. The van der Waals surface area contributed by atoms with Gasteiger partial charge in [-0.3, -0.25) is 0 Å². The largest absolute Gasteiger partial charge is 0.489 e. The van der Waals surface area contributed by atoms with Gasteiger partial charge in [-0.2, -0.15) is 0 Å². The van der Waals surface area contributed by atoms with Crippen LogP contribution in [0.4, 0.5) is 4.79 Å². The van der Waals surface area contributed by atoms with Gasteiger partial charge < -0.3 is 25.1 Å². The van der Waals surface area contributed by atoms with E-state index >= 15 is 0 Å². The second-order valence-corrected chi connectivity index (χ2v) is 9.57. The van der Waals surface area contributed by atoms with Gasteiger partial charge in [0.05, 0.1) is 28.9 Å². The first-order valence-electron chi connectivity index (χ1n) is 12.3. The van der Waals surface area contributed by atoms with E-state index in [-0.39, 0.29) is 24.3 Å². The topological polar surface area (TPSA) is 107 Å². The van der Waals surface area contributed by atoms with Crippen molar-refractivity contribution in [3.8, 4) is 5.75 Å². The molecule has 2 fully saturated rings. The molecule has 0 bridgehead atoms. The summed E-state index contributed by atoms with van der Waals surface area (Å²) < 4.78 is 11.8. The average Bonchev–Trinajstić information content (AvgIpc) is 2.77. The number of nitrogens with zero attached hydrogens (tertiary/aromatic N) is 3. The van der Waals surface area contributed by atoms with Crippen molar-refractivity contribution >= 4 is 11.8 Å². The predicted molar refractivity (Wildman–Crippen MR) is 130 cm³/mol. The van der Waals surface area contributed by atoms with Crippen LogP contribution in [0.1, 0.15) is 82.5 Å². The van der Waals surface area contributed by atoms with Gasteiger partial charge in [0.2, 0.25) is 0 Å². The molecule has 0 radical (unpaired) electrons. The molecule has 1 heterocycles. The molecule has 2 saturated carbocycles. The average molecular weight is 460 g/mol. The van der Waals surface area contributed by atoms with Gasteiger partial charge in [0.1, 0.15) is 12.4 Å². The Morgan fingerprint density at radius 2 is 1.88 bits per heavy atom. The fourth-order valence-corrected chi connectivity index (χ4v) is 4.93. The van der Waals surface area contributed by atoms with E-state index in [0.29, 0.717) is 17.1 Å². The molecule has 0 unspecified atom stereocenters. The maximum Gasteiger partial charge on any atom is 0.410 e. The number of carbonyl (C=O) groups is 1. The van der Waals surface area contributed by atoms with E-state index in [1.54, 1.807) is 11.9 Å². The van der Waals surface area contributed by atoms with Gasteiger partial charge in [0.25, 0.3) is 0 Å². The summed E-state index contributed by atoms with van der Waals surface area (Å²) in [4.78, 5) is 19.2. The van der Waals surface area contributed by atoms with Gasteiger partial charge >= 0.3 is 6.09 Å². The molecule has 184 valence electrons. The summed E-state index contributed by atoms with van der Waals surface area (Å²) in [5, 5.41) is 1.39. The minimum absolute atomic E-state index is 0.0226. The van der Waals surface area contributed by atoms with Crippen molar-refractivity contribution in [1.82, 2.24) is 14.9 Å². The van der Waals surface area contributed by atoms with Crippen molar-refractivity contribution in [3.05, 3.63) is 29.2 Å². The van der Waals surface area contributed by atoms with E-state index in [1.165, 1.54) is 24.3 Å². The summed E-state index contributed by atoms with van der Waals surface area (Å²) in [7, 11) is 3.50. The molecule has 1 aromatic rings. The monoisotopic (exact) mass is 459 g/mol. The third-order valence-corrected chi connectivity index (χ3v) is 7.21. The van der Waals surface area contributed by atoms with Crippen molar-refractivity contribution in [2.45, 2.75) is 89.7 Å². The van der Waals surface area contributed by atoms with Crippen LogP contribution in [-0.4, -0.2) is 53.3 Å². The zero-order chi connectivity index (χ0) is 24.0. The number of likely N-dealkylation sites (N-methyl/N-ethyl adjacent to an activating group) is 1. The first-order valence-corrected chi connectivity index (χ1v) is 12.3. The summed E-state index contributed by atoms with van der Waals surface area (Å²) in [6, 6.07) is 3.75. The molecule has 0 spiro atoms. The molecule has 8 heteroatoms. The maximum absolute atomic E-state index is 12.8. The number of aromatic nitrogens is 1. The molecule has 1 amide bonds. The minimum atomic E-state index is -0.351. The molecule has 4 N–H and O–H groups in total. The highest BCUT2D eigenvalue weighted by Crippen LogP contribution is 2.41. The van der Waals surface area contributed by atoms with E-state index in [4.69, 9.17) is 21.1 Å². The maximum atomic E-state index is 12.8. The first-order chi connectivity index (χ1) is 15.8. The standard InChI is InChI=1S/C25H41N5O3/c1-5-14-25(15-9-16-25)29(3)24(31)32-17-21(30(4)27)23(26)20-12-13-22(18(2)28-20)33-19-10-7-6-8-11-19/h12-13,19H,5-11,14-17,26-27H2,1-4H3/b23-21-. The van der Waals surface area contributed by atoms with E-state index in [9.17, 15) is 4.79 Å². The van der Waals surface area contributed by atoms with Crippen molar-refractivity contribution in [2.75, 3.05) is 20.7 Å². The second-order valence-electron chi connectivity index (χ2n) is 9.57. The lowest BCUT2D eigenvalue weighted by Crippen LogP contribution is -2.54. The van der Waals surface area contributed by atoms with Gasteiger partial charge in [-0.25, -0.2) is 15.6 Å². The third-order valence-electron chi connectivity index (χ3n) is 7.21. The number of carbonyl (C=O) groups excluding carboxylic acids is 1. The normalized spacial score (nSPS) is 18.7. The lowest BCUT2D eigenvalue weighted by molar-refractivity contribution is 0.0185. The Labute approximate surface area is 198 Å². The van der Waals surface area contributed by atoms with Gasteiger partial charge in [-0.1, -0.05) is 19.8 Å². The van der Waals surface area contributed by atoms with Crippen LogP contribution in [0.25, 0.3) is 5.70 Å². The molecule has 8 nitrogen and oxygen atoms in total. The van der Waals surface area contributed by atoms with E-state index in [0.717, 1.165) is 56.4 Å². The van der Waals surface area contributed by atoms with Crippen LogP contribution in [0.5, 0.6) is 5.75 Å². The Morgan fingerprint density at radius 1 is 1.18 bits per heavy atom. The number of hydrazine groups is 1. The lowest BCUT2D eigenvalue weighted by atomic mass is 9.73. The fraction of sp³-hybridized carbons (Fsp3) is 0.680. The molecule has 33 heavy (non-hydrogen) atoms. The summed E-state index contributed by atoms with van der Waals surface area (Å²) in [6.07, 6.45) is 11.0. The molecular weight excluding hydrogens is 418 g/mol. The minimum Gasteiger partial charge on any atom is -0.489 e. The van der Waals surface area contributed by atoms with Gasteiger partial charge in [-0.15, -0.1) is 0 Å². The van der Waals surface area contributed by atoms with Crippen molar-refractivity contribution in [1.29, 1.82) is 0 Å². The molecule has 0 saturated heterocycles. The number of amides is 1. The van der Waals surface area contributed by atoms with Gasteiger partial charge in [-0.05, 0) is 70.4 Å². The summed E-state index contributed by atoms with van der Waals surface area (Å²) >= 11 is 0. The number of pyridine rings is 1. The SMILES string of the molecule is CCCC1(N(C)C(=O)OC/C(=C(/N)c2ccc(OC3CCCCC3)c(C)n2)N(C)N)CCC1. The highest BCUT2D eigenvalue weighted by Gasteiger charge is 2.42. The van der Waals surface area contributed by atoms with Crippen LogP contribution in [0, 0.1) is 6.92 Å². The number of ether oxygens (including phenoxy) is 2. The van der Waals surface area contributed by atoms with Crippen molar-refractivity contribution in [2.24, 2.45) is 11.6 Å². The third kappa shape index (κ3) is 5.91. The number of nitrogens with two attached hydrogens (primary N) is 2. The molecule has 3 rings (SSSR count). The number of rotatable bonds is 9. The molecule has 2 aliphatic rings. The Kier molecular flexibility index (Phi) is 8.46. The van der Waals surface area contributed by atoms with Gasteiger partial charge in [0, 0.05) is 19.6 Å². The summed E-state index contributed by atoms with van der Waals surface area (Å²) in [5.74, 6) is 6.83. The second kappa shape index (κ2) is 11.1. The Balaban J connectivity index is 1.69. The van der Waals surface area contributed by atoms with Crippen molar-refractivity contribution in [3.63, 3.8) is 0 Å². The Morgan fingerprint density at radius 3 is 2.42 bits per heavy atom. The highest BCUT2D eigenvalue weighted by atomic mass is 16.6. The van der Waals surface area contributed by atoms with Crippen LogP contribution in [0.2, 0.25) is 0 Å². The van der Waals surface area contributed by atoms with E-state index < -0.39 is 0 Å². The molecule has 0 aliphatic heterocycles. The molecule has 0 aromatic carbocycles.